The van der Waals surface area contributed by atoms with Crippen molar-refractivity contribution in [1.82, 2.24) is 10.6 Å². The van der Waals surface area contributed by atoms with Crippen LogP contribution in [0.1, 0.15) is 42.1 Å². The van der Waals surface area contributed by atoms with E-state index in [1.54, 1.807) is 24.3 Å². The second-order valence-corrected chi connectivity index (χ2v) is 9.44. The van der Waals surface area contributed by atoms with Crippen molar-refractivity contribution in [3.63, 3.8) is 0 Å². The number of thioether (sulfide) groups is 1. The third-order valence-electron chi connectivity index (χ3n) is 5.15. The summed E-state index contributed by atoms with van der Waals surface area (Å²) in [6, 6.07) is 14.8. The number of rotatable bonds is 10. The number of thiocarbonyl (C=S) groups is 1. The predicted octanol–water partition coefficient (Wildman–Crippen LogP) is 3.58. The number of nitrogens with one attached hydrogen (secondary N) is 2. The number of carboxylic acids is 1. The quantitative estimate of drug-likeness (QED) is 0.330. The van der Waals surface area contributed by atoms with Gasteiger partial charge >= 0.3 is 5.97 Å². The minimum atomic E-state index is -1.12. The summed E-state index contributed by atoms with van der Waals surface area (Å²) in [4.78, 5) is 50.9. The third kappa shape index (κ3) is 7.00. The molecule has 1 aliphatic rings. The first-order valence-corrected chi connectivity index (χ1v) is 12.3. The Labute approximate surface area is 212 Å². The average molecular weight is 512 g/mol. The van der Waals surface area contributed by atoms with Gasteiger partial charge in [-0.1, -0.05) is 80.1 Å². The van der Waals surface area contributed by atoms with Crippen LogP contribution in [0.25, 0.3) is 6.08 Å². The molecule has 3 amide bonds. The lowest BCUT2D eigenvalue weighted by Crippen LogP contribution is -2.45. The summed E-state index contributed by atoms with van der Waals surface area (Å²) in [6.07, 6.45) is 3.54. The summed E-state index contributed by atoms with van der Waals surface area (Å²) in [5, 5.41) is 14.1. The molecule has 8 nitrogen and oxygen atoms in total. The molecule has 1 saturated heterocycles. The van der Waals surface area contributed by atoms with Crippen molar-refractivity contribution in [2.45, 2.75) is 32.2 Å². The summed E-state index contributed by atoms with van der Waals surface area (Å²) in [5.74, 6) is -2.53. The van der Waals surface area contributed by atoms with Gasteiger partial charge in [0.25, 0.3) is 11.8 Å². The Morgan fingerprint density at radius 1 is 1.14 bits per heavy atom. The van der Waals surface area contributed by atoms with Crippen molar-refractivity contribution in [2.75, 3.05) is 11.4 Å². The first-order chi connectivity index (χ1) is 16.8. The minimum absolute atomic E-state index is 0.233. The number of hydrogen-bond acceptors (Lipinski definition) is 6. The van der Waals surface area contributed by atoms with Crippen LogP contribution in [0.3, 0.4) is 0 Å². The first-order valence-electron chi connectivity index (χ1n) is 11.0. The molecule has 3 rings (SSSR count). The second kappa shape index (κ2) is 12.3. The molecule has 10 heteroatoms. The van der Waals surface area contributed by atoms with Gasteiger partial charge in [-0.05, 0) is 36.3 Å². The zero-order valence-corrected chi connectivity index (χ0v) is 20.7. The summed E-state index contributed by atoms with van der Waals surface area (Å²) in [5.41, 5.74) is 1.54. The zero-order valence-electron chi connectivity index (χ0n) is 19.0. The van der Waals surface area contributed by atoms with E-state index in [1.807, 2.05) is 37.3 Å². The van der Waals surface area contributed by atoms with E-state index in [-0.39, 0.29) is 18.0 Å². The molecule has 0 spiro atoms. The van der Waals surface area contributed by atoms with Gasteiger partial charge in [-0.2, -0.15) is 0 Å². The van der Waals surface area contributed by atoms with Gasteiger partial charge in [0.15, 0.2) is 4.32 Å². The lowest BCUT2D eigenvalue weighted by atomic mass is 10.1. The van der Waals surface area contributed by atoms with E-state index in [4.69, 9.17) is 12.2 Å². The molecule has 1 unspecified atom stereocenters. The minimum Gasteiger partial charge on any atom is -0.480 e. The van der Waals surface area contributed by atoms with Crippen molar-refractivity contribution in [3.05, 3.63) is 70.6 Å². The Morgan fingerprint density at radius 2 is 1.89 bits per heavy atom. The second-order valence-electron chi connectivity index (χ2n) is 7.76. The smallest absolute Gasteiger partial charge is 0.326 e. The van der Waals surface area contributed by atoms with Crippen LogP contribution in [0, 0.1) is 0 Å². The standard InChI is InChI=1S/C25H25N3O5S2/c1-2-3-12-19(24(32)33)27-21(29)15-26-22(30)17-10-7-11-18(14-17)28-23(31)20(35-25(28)34)13-16-8-5-4-6-9-16/h4-11,13-14,19H,2-3,12,15H2,1H3,(H,26,30)(H,27,29)(H,32,33)/b20-13-. The van der Waals surface area contributed by atoms with Crippen molar-refractivity contribution in [1.29, 1.82) is 0 Å². The molecule has 35 heavy (non-hydrogen) atoms. The highest BCUT2D eigenvalue weighted by Gasteiger charge is 2.33. The van der Waals surface area contributed by atoms with Crippen LogP contribution in [-0.4, -0.2) is 45.7 Å². The van der Waals surface area contributed by atoms with Gasteiger partial charge in [0.2, 0.25) is 5.91 Å². The Kier molecular flexibility index (Phi) is 9.16. The average Bonchev–Trinajstić information content (AvgIpc) is 3.13. The molecule has 2 aromatic rings. The number of benzene rings is 2. The van der Waals surface area contributed by atoms with Gasteiger partial charge in [-0.15, -0.1) is 0 Å². The summed E-state index contributed by atoms with van der Waals surface area (Å²) >= 11 is 6.59. The summed E-state index contributed by atoms with van der Waals surface area (Å²) < 4.78 is 0.348. The van der Waals surface area contributed by atoms with Crippen molar-refractivity contribution in [3.8, 4) is 0 Å². The number of carboxylic acid groups (broad SMARTS) is 1. The lowest BCUT2D eigenvalue weighted by Gasteiger charge is -2.16. The number of unbranched alkanes of at least 4 members (excludes halogenated alkanes) is 1. The van der Waals surface area contributed by atoms with E-state index in [9.17, 15) is 24.3 Å². The Balaban J connectivity index is 1.65. The van der Waals surface area contributed by atoms with E-state index >= 15 is 0 Å². The first kappa shape index (κ1) is 26.1. The van der Waals surface area contributed by atoms with Crippen LogP contribution < -0.4 is 15.5 Å². The number of hydrogen-bond donors (Lipinski definition) is 3. The Bertz CT molecular complexity index is 1170. The molecular weight excluding hydrogens is 486 g/mol. The summed E-state index contributed by atoms with van der Waals surface area (Å²) in [6.45, 7) is 1.55. The molecule has 182 valence electrons. The molecule has 0 aliphatic carbocycles. The lowest BCUT2D eigenvalue weighted by molar-refractivity contribution is -0.141. The predicted molar refractivity (Wildman–Crippen MR) is 140 cm³/mol. The molecule has 1 fully saturated rings. The van der Waals surface area contributed by atoms with Gasteiger partial charge in [0.1, 0.15) is 6.04 Å². The number of nitrogens with zero attached hydrogens (tertiary/aromatic N) is 1. The molecule has 0 saturated carbocycles. The van der Waals surface area contributed by atoms with Crippen molar-refractivity contribution < 1.29 is 24.3 Å². The summed E-state index contributed by atoms with van der Waals surface area (Å²) in [7, 11) is 0. The highest BCUT2D eigenvalue weighted by molar-refractivity contribution is 8.27. The highest BCUT2D eigenvalue weighted by atomic mass is 32.2. The van der Waals surface area contributed by atoms with E-state index in [0.717, 1.165) is 12.0 Å². The van der Waals surface area contributed by atoms with E-state index < -0.39 is 23.8 Å². The van der Waals surface area contributed by atoms with Gasteiger partial charge in [0, 0.05) is 5.56 Å². The fourth-order valence-electron chi connectivity index (χ4n) is 3.35. The maximum absolute atomic E-state index is 13.0. The number of carbonyl (C=O) groups excluding carboxylic acids is 3. The third-order valence-corrected chi connectivity index (χ3v) is 6.45. The molecular formula is C25H25N3O5S2. The number of carbonyl (C=O) groups is 4. The van der Waals surface area contributed by atoms with Crippen LogP contribution in [0.4, 0.5) is 5.69 Å². The van der Waals surface area contributed by atoms with Crippen LogP contribution in [0.2, 0.25) is 0 Å². The Morgan fingerprint density at radius 3 is 2.57 bits per heavy atom. The maximum Gasteiger partial charge on any atom is 0.326 e. The SMILES string of the molecule is CCCCC(NC(=O)CNC(=O)c1cccc(N2C(=O)/C(=C/c3ccccc3)SC2=S)c1)C(=O)O. The largest absolute Gasteiger partial charge is 0.480 e. The molecule has 2 aromatic carbocycles. The fourth-order valence-corrected chi connectivity index (χ4v) is 4.65. The molecule has 0 radical (unpaired) electrons. The molecule has 3 N–H and O–H groups in total. The number of aliphatic carboxylic acids is 1. The van der Waals surface area contributed by atoms with E-state index in [0.29, 0.717) is 27.8 Å². The van der Waals surface area contributed by atoms with E-state index in [1.165, 1.54) is 22.7 Å². The monoisotopic (exact) mass is 511 g/mol. The normalized spacial score (nSPS) is 15.2. The van der Waals surface area contributed by atoms with Gasteiger partial charge in [-0.25, -0.2) is 4.79 Å². The molecule has 0 aromatic heterocycles. The zero-order chi connectivity index (χ0) is 25.4. The number of amides is 3. The van der Waals surface area contributed by atoms with Gasteiger partial charge < -0.3 is 15.7 Å². The topological polar surface area (TPSA) is 116 Å². The highest BCUT2D eigenvalue weighted by Crippen LogP contribution is 2.36. The molecule has 0 bridgehead atoms. The molecule has 1 aliphatic heterocycles. The maximum atomic E-state index is 13.0. The fraction of sp³-hybridized carbons (Fsp3) is 0.240. The molecule has 1 atom stereocenters. The van der Waals surface area contributed by atoms with Gasteiger partial charge in [-0.3, -0.25) is 19.3 Å². The van der Waals surface area contributed by atoms with Crippen LogP contribution in [0.15, 0.2) is 59.5 Å². The van der Waals surface area contributed by atoms with Crippen molar-refractivity contribution in [2.24, 2.45) is 0 Å². The Hall–Kier alpha value is -3.50. The molecule has 1 heterocycles. The van der Waals surface area contributed by atoms with Crippen molar-refractivity contribution >= 4 is 63.8 Å². The van der Waals surface area contributed by atoms with Crippen LogP contribution >= 0.6 is 24.0 Å². The number of anilines is 1. The van der Waals surface area contributed by atoms with E-state index in [2.05, 4.69) is 10.6 Å². The van der Waals surface area contributed by atoms with Crippen LogP contribution in [0.5, 0.6) is 0 Å². The van der Waals surface area contributed by atoms with Crippen LogP contribution in [-0.2, 0) is 14.4 Å². The van der Waals surface area contributed by atoms with Gasteiger partial charge in [0.05, 0.1) is 17.1 Å².